The Morgan fingerprint density at radius 3 is 2.86 bits per heavy atom. The van der Waals surface area contributed by atoms with E-state index in [9.17, 15) is 9.59 Å². The topological polar surface area (TPSA) is 92.4 Å². The third kappa shape index (κ3) is 3.91. The quantitative estimate of drug-likeness (QED) is 0.853. The average molecular weight is 308 g/mol. The fraction of sp³-hybridized carbons (Fsp3) is 0.357. The second-order valence-corrected chi connectivity index (χ2v) is 5.67. The number of carboxylic acids is 1. The van der Waals surface area contributed by atoms with E-state index >= 15 is 0 Å². The molecule has 0 spiro atoms. The van der Waals surface area contributed by atoms with Gasteiger partial charge in [0.2, 0.25) is 5.91 Å². The fourth-order valence-corrected chi connectivity index (χ4v) is 2.52. The second-order valence-electron chi connectivity index (χ2n) is 4.82. The van der Waals surface area contributed by atoms with Crippen LogP contribution in [0.3, 0.4) is 0 Å². The average Bonchev–Trinajstić information content (AvgIpc) is 3.07. The van der Waals surface area contributed by atoms with Crippen LogP contribution in [0, 0.1) is 5.92 Å². The lowest BCUT2D eigenvalue weighted by atomic mass is 10.0. The molecule has 1 amide bonds. The van der Waals surface area contributed by atoms with Gasteiger partial charge in [-0.25, -0.2) is 4.98 Å². The van der Waals surface area contributed by atoms with Gasteiger partial charge in [0, 0.05) is 17.0 Å². The Morgan fingerprint density at radius 2 is 2.24 bits per heavy atom. The summed E-state index contributed by atoms with van der Waals surface area (Å²) in [4.78, 5) is 27.1. The predicted octanol–water partition coefficient (Wildman–Crippen LogP) is 2.17. The van der Waals surface area contributed by atoms with Gasteiger partial charge in [-0.2, -0.15) is 0 Å². The van der Waals surface area contributed by atoms with Gasteiger partial charge in [-0.1, -0.05) is 0 Å². The highest BCUT2D eigenvalue weighted by Gasteiger charge is 2.21. The summed E-state index contributed by atoms with van der Waals surface area (Å²) in [6, 6.07) is 1.38. The molecule has 0 aliphatic carbocycles. The van der Waals surface area contributed by atoms with E-state index in [4.69, 9.17) is 9.52 Å². The number of hydrogen-bond donors (Lipinski definition) is 2. The molecule has 0 aliphatic rings. The predicted molar refractivity (Wildman–Crippen MR) is 77.9 cm³/mol. The molecular weight excluding hydrogens is 292 g/mol. The number of carboxylic acid groups (broad SMARTS) is 1. The van der Waals surface area contributed by atoms with E-state index in [2.05, 4.69) is 10.3 Å². The molecular formula is C14H16N2O4S. The zero-order chi connectivity index (χ0) is 15.4. The lowest BCUT2D eigenvalue weighted by Gasteiger charge is -2.17. The minimum Gasteiger partial charge on any atom is -0.481 e. The van der Waals surface area contributed by atoms with Gasteiger partial charge in [0.25, 0.3) is 0 Å². The number of amides is 1. The Labute approximate surface area is 125 Å². The largest absolute Gasteiger partial charge is 0.481 e. The Kier molecular flexibility index (Phi) is 4.74. The van der Waals surface area contributed by atoms with Gasteiger partial charge >= 0.3 is 5.97 Å². The van der Waals surface area contributed by atoms with Gasteiger partial charge in [-0.3, -0.25) is 9.59 Å². The first-order valence-corrected chi connectivity index (χ1v) is 7.34. The first-order chi connectivity index (χ1) is 9.97. The number of carbonyl (C=O) groups is 2. The van der Waals surface area contributed by atoms with E-state index in [0.717, 1.165) is 10.6 Å². The smallest absolute Gasteiger partial charge is 0.308 e. The van der Waals surface area contributed by atoms with Crippen molar-refractivity contribution in [1.29, 1.82) is 0 Å². The molecule has 0 saturated heterocycles. The normalized spacial score (nSPS) is 13.6. The number of thiazole rings is 1. The van der Waals surface area contributed by atoms with Crippen LogP contribution in [0.1, 0.15) is 19.5 Å². The van der Waals surface area contributed by atoms with Crippen molar-refractivity contribution in [2.75, 3.05) is 0 Å². The SMILES string of the molecule is CC(NC(=O)Cc1csc(-c2ccoc2)n1)C(C)C(=O)O. The van der Waals surface area contributed by atoms with Crippen molar-refractivity contribution in [2.24, 2.45) is 5.92 Å². The van der Waals surface area contributed by atoms with Gasteiger partial charge in [0.1, 0.15) is 11.3 Å². The first kappa shape index (κ1) is 15.2. The summed E-state index contributed by atoms with van der Waals surface area (Å²) >= 11 is 1.43. The molecule has 112 valence electrons. The van der Waals surface area contributed by atoms with Crippen LogP contribution >= 0.6 is 11.3 Å². The van der Waals surface area contributed by atoms with Gasteiger partial charge < -0.3 is 14.8 Å². The Bertz CT molecular complexity index is 621. The number of rotatable bonds is 6. The fourth-order valence-electron chi connectivity index (χ4n) is 1.72. The van der Waals surface area contributed by atoms with E-state index < -0.39 is 17.9 Å². The number of nitrogens with zero attached hydrogens (tertiary/aromatic N) is 1. The summed E-state index contributed by atoms with van der Waals surface area (Å²) < 4.78 is 4.99. The minimum atomic E-state index is -0.932. The van der Waals surface area contributed by atoms with Crippen LogP contribution in [0.5, 0.6) is 0 Å². The molecule has 0 radical (unpaired) electrons. The molecule has 2 rings (SSSR count). The van der Waals surface area contributed by atoms with Crippen LogP contribution in [0.15, 0.2) is 28.4 Å². The highest BCUT2D eigenvalue weighted by Crippen LogP contribution is 2.24. The Balaban J connectivity index is 1.93. The number of nitrogens with one attached hydrogen (secondary N) is 1. The van der Waals surface area contributed by atoms with E-state index in [1.807, 2.05) is 5.38 Å². The lowest BCUT2D eigenvalue weighted by molar-refractivity contribution is -0.142. The maximum atomic E-state index is 11.9. The number of furan rings is 1. The molecule has 2 aromatic rings. The lowest BCUT2D eigenvalue weighted by Crippen LogP contribution is -2.40. The zero-order valence-electron chi connectivity index (χ0n) is 11.7. The van der Waals surface area contributed by atoms with Crippen molar-refractivity contribution in [3.8, 4) is 10.6 Å². The molecule has 6 nitrogen and oxygen atoms in total. The number of hydrogen-bond acceptors (Lipinski definition) is 5. The van der Waals surface area contributed by atoms with Crippen molar-refractivity contribution in [3.63, 3.8) is 0 Å². The molecule has 0 saturated carbocycles. The van der Waals surface area contributed by atoms with Crippen LogP contribution in [0.4, 0.5) is 0 Å². The summed E-state index contributed by atoms with van der Waals surface area (Å²) in [5.41, 5.74) is 1.53. The van der Waals surface area contributed by atoms with Crippen molar-refractivity contribution < 1.29 is 19.1 Å². The second kappa shape index (κ2) is 6.53. The van der Waals surface area contributed by atoms with E-state index in [0.29, 0.717) is 5.69 Å². The van der Waals surface area contributed by atoms with Crippen molar-refractivity contribution in [1.82, 2.24) is 10.3 Å². The molecule has 2 heterocycles. The Morgan fingerprint density at radius 1 is 1.48 bits per heavy atom. The monoisotopic (exact) mass is 308 g/mol. The van der Waals surface area contributed by atoms with E-state index in [1.165, 1.54) is 11.3 Å². The molecule has 0 aliphatic heterocycles. The number of aromatic nitrogens is 1. The summed E-state index contributed by atoms with van der Waals surface area (Å²) in [6.45, 7) is 3.24. The molecule has 2 N–H and O–H groups in total. The highest BCUT2D eigenvalue weighted by molar-refractivity contribution is 7.13. The zero-order valence-corrected chi connectivity index (χ0v) is 12.5. The molecule has 21 heavy (non-hydrogen) atoms. The molecule has 2 atom stereocenters. The van der Waals surface area contributed by atoms with Crippen LogP contribution in [0.25, 0.3) is 10.6 Å². The van der Waals surface area contributed by atoms with Crippen LogP contribution in [0.2, 0.25) is 0 Å². The molecule has 0 fully saturated rings. The third-order valence-electron chi connectivity index (χ3n) is 3.19. The molecule has 2 aromatic heterocycles. The summed E-state index contributed by atoms with van der Waals surface area (Å²) in [6.07, 6.45) is 3.29. The molecule has 2 unspecified atom stereocenters. The molecule has 0 bridgehead atoms. The number of aliphatic carboxylic acids is 1. The van der Waals surface area contributed by atoms with Gasteiger partial charge in [0.15, 0.2) is 0 Å². The highest BCUT2D eigenvalue weighted by atomic mass is 32.1. The molecule has 7 heteroatoms. The van der Waals surface area contributed by atoms with Crippen molar-refractivity contribution in [2.45, 2.75) is 26.3 Å². The van der Waals surface area contributed by atoms with Crippen LogP contribution in [-0.4, -0.2) is 28.0 Å². The minimum absolute atomic E-state index is 0.130. The first-order valence-electron chi connectivity index (χ1n) is 6.46. The van der Waals surface area contributed by atoms with Crippen molar-refractivity contribution >= 4 is 23.2 Å². The Hall–Kier alpha value is -2.15. The van der Waals surface area contributed by atoms with Gasteiger partial charge in [-0.15, -0.1) is 11.3 Å². The maximum Gasteiger partial charge on any atom is 0.308 e. The maximum absolute atomic E-state index is 11.9. The number of carbonyl (C=O) groups excluding carboxylic acids is 1. The summed E-state index contributed by atoms with van der Waals surface area (Å²) in [7, 11) is 0. The summed E-state index contributed by atoms with van der Waals surface area (Å²) in [5, 5.41) is 14.2. The van der Waals surface area contributed by atoms with E-state index in [1.54, 1.807) is 32.4 Å². The van der Waals surface area contributed by atoms with E-state index in [-0.39, 0.29) is 12.3 Å². The molecule has 0 aromatic carbocycles. The van der Waals surface area contributed by atoms with Gasteiger partial charge in [-0.05, 0) is 19.9 Å². The summed E-state index contributed by atoms with van der Waals surface area (Å²) in [5.74, 6) is -1.80. The standard InChI is InChI=1S/C14H16N2O4S/c1-8(14(18)19)9(2)15-12(17)5-11-7-21-13(16-11)10-3-4-20-6-10/h3-4,6-9H,5H2,1-2H3,(H,15,17)(H,18,19). The van der Waals surface area contributed by atoms with Gasteiger partial charge in [0.05, 0.1) is 24.3 Å². The van der Waals surface area contributed by atoms with Crippen molar-refractivity contribution in [3.05, 3.63) is 29.7 Å². The van der Waals surface area contributed by atoms with Crippen LogP contribution in [-0.2, 0) is 16.0 Å². The van der Waals surface area contributed by atoms with Crippen LogP contribution < -0.4 is 5.32 Å². The third-order valence-corrected chi connectivity index (χ3v) is 4.13.